The molecule has 1 aliphatic rings. The molecule has 0 amide bonds. The molecule has 4 heteroatoms. The first-order chi connectivity index (χ1) is 11.3. The third-order valence-corrected chi connectivity index (χ3v) is 4.23. The van der Waals surface area contributed by atoms with Gasteiger partial charge in [0, 0.05) is 12.1 Å². The van der Waals surface area contributed by atoms with Gasteiger partial charge in [-0.3, -0.25) is 0 Å². The van der Waals surface area contributed by atoms with E-state index in [0.29, 0.717) is 6.61 Å². The number of fused-ring (bicyclic) bond motifs is 1. The summed E-state index contributed by atoms with van der Waals surface area (Å²) < 4.78 is 16.7. The highest BCUT2D eigenvalue weighted by atomic mass is 16.5. The SMILES string of the molecule is CCOc1ccccc1C1NCCc2cc(OC)c(OC)cc21. The quantitative estimate of drug-likeness (QED) is 0.919. The molecule has 23 heavy (non-hydrogen) atoms. The minimum Gasteiger partial charge on any atom is -0.494 e. The maximum Gasteiger partial charge on any atom is 0.161 e. The first kappa shape index (κ1) is 15.7. The predicted molar refractivity (Wildman–Crippen MR) is 90.7 cm³/mol. The first-order valence-electron chi connectivity index (χ1n) is 7.98. The summed E-state index contributed by atoms with van der Waals surface area (Å²) in [6.07, 6.45) is 0.975. The van der Waals surface area contributed by atoms with Crippen molar-refractivity contribution < 1.29 is 14.2 Å². The summed E-state index contributed by atoms with van der Waals surface area (Å²) in [5.41, 5.74) is 3.67. The standard InChI is InChI=1S/C19H23NO3/c1-4-23-16-8-6-5-7-14(16)19-15-12-18(22-3)17(21-2)11-13(15)9-10-20-19/h5-8,11-12,19-20H,4,9-10H2,1-3H3. The summed E-state index contributed by atoms with van der Waals surface area (Å²) in [6.45, 7) is 3.59. The Labute approximate surface area is 137 Å². The van der Waals surface area contributed by atoms with E-state index in [-0.39, 0.29) is 6.04 Å². The third kappa shape index (κ3) is 2.99. The molecule has 0 saturated carbocycles. The van der Waals surface area contributed by atoms with Gasteiger partial charge in [0.15, 0.2) is 11.5 Å². The Kier molecular flexibility index (Phi) is 4.72. The van der Waals surface area contributed by atoms with Crippen LogP contribution in [0.25, 0.3) is 0 Å². The molecule has 0 spiro atoms. The van der Waals surface area contributed by atoms with Crippen molar-refractivity contribution in [1.29, 1.82) is 0 Å². The fourth-order valence-electron chi connectivity index (χ4n) is 3.17. The van der Waals surface area contributed by atoms with Crippen molar-refractivity contribution in [2.24, 2.45) is 0 Å². The number of hydrogen-bond donors (Lipinski definition) is 1. The largest absolute Gasteiger partial charge is 0.494 e. The highest BCUT2D eigenvalue weighted by Crippen LogP contribution is 2.39. The summed E-state index contributed by atoms with van der Waals surface area (Å²) in [4.78, 5) is 0. The number of benzene rings is 2. The second kappa shape index (κ2) is 6.92. The molecule has 0 aliphatic carbocycles. The van der Waals surface area contributed by atoms with Gasteiger partial charge in [-0.25, -0.2) is 0 Å². The van der Waals surface area contributed by atoms with Gasteiger partial charge in [0.25, 0.3) is 0 Å². The van der Waals surface area contributed by atoms with Crippen LogP contribution in [0.1, 0.15) is 29.7 Å². The van der Waals surface area contributed by atoms with Crippen molar-refractivity contribution in [3.05, 3.63) is 53.1 Å². The summed E-state index contributed by atoms with van der Waals surface area (Å²) in [5.74, 6) is 2.47. The summed E-state index contributed by atoms with van der Waals surface area (Å²) in [7, 11) is 3.34. The highest BCUT2D eigenvalue weighted by Gasteiger charge is 2.25. The van der Waals surface area contributed by atoms with Gasteiger partial charge < -0.3 is 19.5 Å². The Morgan fingerprint density at radius 2 is 1.74 bits per heavy atom. The normalized spacial score (nSPS) is 16.6. The molecule has 4 nitrogen and oxygen atoms in total. The van der Waals surface area contributed by atoms with E-state index in [1.807, 2.05) is 19.1 Å². The van der Waals surface area contributed by atoms with Crippen LogP contribution in [-0.4, -0.2) is 27.4 Å². The zero-order chi connectivity index (χ0) is 16.2. The Bertz CT molecular complexity index is 684. The van der Waals surface area contributed by atoms with Crippen LogP contribution in [0.5, 0.6) is 17.2 Å². The molecule has 2 aromatic carbocycles. The third-order valence-electron chi connectivity index (χ3n) is 4.23. The van der Waals surface area contributed by atoms with Crippen molar-refractivity contribution in [2.75, 3.05) is 27.4 Å². The number of methoxy groups -OCH3 is 2. The lowest BCUT2D eigenvalue weighted by Crippen LogP contribution is -2.31. The van der Waals surface area contributed by atoms with Crippen LogP contribution in [-0.2, 0) is 6.42 Å². The molecule has 1 heterocycles. The Morgan fingerprint density at radius 3 is 2.48 bits per heavy atom. The maximum atomic E-state index is 5.81. The topological polar surface area (TPSA) is 39.7 Å². The van der Waals surface area contributed by atoms with E-state index in [2.05, 4.69) is 29.6 Å². The monoisotopic (exact) mass is 313 g/mol. The summed E-state index contributed by atoms with van der Waals surface area (Å²) in [6, 6.07) is 12.5. The van der Waals surface area contributed by atoms with Gasteiger partial charge in [-0.15, -0.1) is 0 Å². The number of nitrogens with one attached hydrogen (secondary N) is 1. The molecule has 1 atom stereocenters. The zero-order valence-electron chi connectivity index (χ0n) is 13.9. The van der Waals surface area contributed by atoms with Crippen LogP contribution in [0.3, 0.4) is 0 Å². The molecule has 0 fully saturated rings. The van der Waals surface area contributed by atoms with Gasteiger partial charge in [0.05, 0.1) is 26.9 Å². The lowest BCUT2D eigenvalue weighted by molar-refractivity contribution is 0.332. The van der Waals surface area contributed by atoms with E-state index >= 15 is 0 Å². The minimum absolute atomic E-state index is 0.0984. The Hall–Kier alpha value is -2.20. The number of para-hydroxylation sites is 1. The van der Waals surface area contributed by atoms with Gasteiger partial charge in [-0.05, 0) is 42.7 Å². The van der Waals surface area contributed by atoms with Crippen LogP contribution >= 0.6 is 0 Å². The molecule has 1 N–H and O–H groups in total. The second-order valence-electron chi connectivity index (χ2n) is 5.51. The predicted octanol–water partition coefficient (Wildman–Crippen LogP) is 3.34. The summed E-state index contributed by atoms with van der Waals surface area (Å²) in [5, 5.41) is 3.60. The van der Waals surface area contributed by atoms with Gasteiger partial charge >= 0.3 is 0 Å². The van der Waals surface area contributed by atoms with Gasteiger partial charge in [-0.1, -0.05) is 18.2 Å². The van der Waals surface area contributed by atoms with Gasteiger partial charge in [-0.2, -0.15) is 0 Å². The Balaban J connectivity index is 2.08. The maximum absolute atomic E-state index is 5.81. The molecule has 0 radical (unpaired) electrons. The van der Waals surface area contributed by atoms with Crippen LogP contribution in [0.15, 0.2) is 36.4 Å². The molecule has 1 aliphatic heterocycles. The molecule has 0 saturated heterocycles. The van der Waals surface area contributed by atoms with Crippen LogP contribution in [0.2, 0.25) is 0 Å². The fourth-order valence-corrected chi connectivity index (χ4v) is 3.17. The van der Waals surface area contributed by atoms with Crippen LogP contribution < -0.4 is 19.5 Å². The van der Waals surface area contributed by atoms with Crippen molar-refractivity contribution in [3.8, 4) is 17.2 Å². The average molecular weight is 313 g/mol. The summed E-state index contributed by atoms with van der Waals surface area (Å²) >= 11 is 0. The van der Waals surface area contributed by atoms with Crippen molar-refractivity contribution in [2.45, 2.75) is 19.4 Å². The number of rotatable bonds is 5. The van der Waals surface area contributed by atoms with E-state index < -0.39 is 0 Å². The molecule has 122 valence electrons. The van der Waals surface area contributed by atoms with E-state index in [1.54, 1.807) is 14.2 Å². The van der Waals surface area contributed by atoms with Gasteiger partial charge in [0.1, 0.15) is 5.75 Å². The molecule has 3 rings (SSSR count). The van der Waals surface area contributed by atoms with Crippen molar-refractivity contribution in [1.82, 2.24) is 5.32 Å². The number of ether oxygens (including phenoxy) is 3. The molecule has 0 bridgehead atoms. The average Bonchev–Trinajstić information content (AvgIpc) is 2.60. The number of hydrogen-bond acceptors (Lipinski definition) is 4. The highest BCUT2D eigenvalue weighted by molar-refractivity contribution is 5.53. The van der Waals surface area contributed by atoms with Crippen LogP contribution in [0, 0.1) is 0 Å². The van der Waals surface area contributed by atoms with E-state index in [0.717, 1.165) is 35.8 Å². The van der Waals surface area contributed by atoms with Gasteiger partial charge in [0.2, 0.25) is 0 Å². The lowest BCUT2D eigenvalue weighted by Gasteiger charge is -2.29. The molecule has 1 unspecified atom stereocenters. The van der Waals surface area contributed by atoms with Crippen molar-refractivity contribution >= 4 is 0 Å². The molecule has 0 aromatic heterocycles. The molecular weight excluding hydrogens is 290 g/mol. The lowest BCUT2D eigenvalue weighted by atomic mass is 9.89. The second-order valence-corrected chi connectivity index (χ2v) is 5.51. The first-order valence-corrected chi connectivity index (χ1v) is 7.98. The zero-order valence-corrected chi connectivity index (χ0v) is 13.9. The molecule has 2 aromatic rings. The van der Waals surface area contributed by atoms with Crippen LogP contribution in [0.4, 0.5) is 0 Å². The van der Waals surface area contributed by atoms with E-state index in [4.69, 9.17) is 14.2 Å². The molecular formula is C19H23NO3. The fraction of sp³-hybridized carbons (Fsp3) is 0.368. The minimum atomic E-state index is 0.0984. The smallest absolute Gasteiger partial charge is 0.161 e. The Morgan fingerprint density at radius 1 is 1.00 bits per heavy atom. The van der Waals surface area contributed by atoms with Crippen molar-refractivity contribution in [3.63, 3.8) is 0 Å². The van der Waals surface area contributed by atoms with E-state index in [9.17, 15) is 0 Å². The van der Waals surface area contributed by atoms with E-state index in [1.165, 1.54) is 11.1 Å².